The number of nitro groups is 1. The molecule has 2 saturated heterocycles. The molecule has 2 aliphatic heterocycles. The lowest BCUT2D eigenvalue weighted by molar-refractivity contribution is -0.571. The number of rotatable bonds is 3. The largest absolute Gasteiger partial charge is 0.298 e. The van der Waals surface area contributed by atoms with E-state index in [2.05, 4.69) is 15.9 Å². The van der Waals surface area contributed by atoms with Crippen LogP contribution in [-0.4, -0.2) is 59.5 Å². The maximum atomic E-state index is 11.6. The smallest absolute Gasteiger partial charge is 0.248 e. The molecule has 0 aliphatic carbocycles. The van der Waals surface area contributed by atoms with Crippen molar-refractivity contribution in [2.24, 2.45) is 0 Å². The Morgan fingerprint density at radius 1 is 1.38 bits per heavy atom. The first-order chi connectivity index (χ1) is 9.07. The lowest BCUT2D eigenvalue weighted by atomic mass is 9.92. The number of hydrogen-bond acceptors (Lipinski definition) is 5. The molecule has 8 heteroatoms. The van der Waals surface area contributed by atoms with Crippen molar-refractivity contribution in [3.05, 3.63) is 10.1 Å². The van der Waals surface area contributed by atoms with Crippen LogP contribution in [0.25, 0.3) is 0 Å². The van der Waals surface area contributed by atoms with Gasteiger partial charge in [0.1, 0.15) is 0 Å². The Kier molecular flexibility index (Phi) is 8.49. The summed E-state index contributed by atoms with van der Waals surface area (Å²) in [5.41, 5.74) is -0.976. The zero-order valence-electron chi connectivity index (χ0n) is 12.4. The van der Waals surface area contributed by atoms with Crippen molar-refractivity contribution in [2.75, 3.05) is 33.2 Å². The third-order valence-corrected chi connectivity index (χ3v) is 4.42. The fraction of sp³-hybridized carbons (Fsp3) is 0.923. The molecule has 0 aromatic carbocycles. The number of halogens is 2. The van der Waals surface area contributed by atoms with Gasteiger partial charge < -0.3 is 0 Å². The van der Waals surface area contributed by atoms with Crippen LogP contribution in [0.5, 0.6) is 0 Å². The predicted molar refractivity (Wildman–Crippen MR) is 85.8 cm³/mol. The minimum atomic E-state index is -0.976. The van der Waals surface area contributed by atoms with Crippen LogP contribution in [0, 0.1) is 21.4 Å². The SMILES string of the molecule is CN1CC2CCCCN2CC(CCC#N)([N+](=O)[O-])C1.Cl.Cl. The summed E-state index contributed by atoms with van der Waals surface area (Å²) in [6, 6.07) is 2.51. The highest BCUT2D eigenvalue weighted by atomic mass is 35.5. The molecule has 0 saturated carbocycles. The standard InChI is InChI=1S/C13H22N4O2.2ClH/c1-15-9-12-5-2-3-8-16(12)11-13(10-15,17(18)19)6-4-7-14;;/h12H,2-6,8-11H2,1H3;2*1H. The van der Waals surface area contributed by atoms with Gasteiger partial charge >= 0.3 is 0 Å². The zero-order chi connectivity index (χ0) is 13.9. The molecule has 0 aromatic heterocycles. The van der Waals surface area contributed by atoms with Crippen molar-refractivity contribution >= 4 is 24.8 Å². The van der Waals surface area contributed by atoms with Crippen LogP contribution < -0.4 is 0 Å². The van der Waals surface area contributed by atoms with Gasteiger partial charge in [0.15, 0.2) is 0 Å². The summed E-state index contributed by atoms with van der Waals surface area (Å²) in [6.45, 7) is 2.81. The van der Waals surface area contributed by atoms with E-state index in [4.69, 9.17) is 5.26 Å². The average Bonchev–Trinajstić information content (AvgIpc) is 2.52. The molecule has 0 radical (unpaired) electrons. The Balaban J connectivity index is 0.00000200. The summed E-state index contributed by atoms with van der Waals surface area (Å²) < 4.78 is 0. The summed E-state index contributed by atoms with van der Waals surface area (Å²) in [5.74, 6) is 0. The second kappa shape index (κ2) is 8.74. The number of nitriles is 1. The highest BCUT2D eigenvalue weighted by Crippen LogP contribution is 2.28. The van der Waals surface area contributed by atoms with Crippen LogP contribution in [0.15, 0.2) is 0 Å². The predicted octanol–water partition coefficient (Wildman–Crippen LogP) is 1.95. The first-order valence-corrected chi connectivity index (χ1v) is 7.01. The monoisotopic (exact) mass is 338 g/mol. The van der Waals surface area contributed by atoms with Crippen molar-refractivity contribution in [2.45, 2.75) is 43.7 Å². The molecule has 122 valence electrons. The fourth-order valence-corrected chi connectivity index (χ4v) is 3.48. The average molecular weight is 339 g/mol. The van der Waals surface area contributed by atoms with E-state index in [1.165, 1.54) is 6.42 Å². The van der Waals surface area contributed by atoms with Crippen LogP contribution >= 0.6 is 24.8 Å². The lowest BCUT2D eigenvalue weighted by Crippen LogP contribution is -2.53. The Hall–Kier alpha value is -0.610. The molecule has 2 unspecified atom stereocenters. The molecule has 0 aromatic rings. The highest BCUT2D eigenvalue weighted by molar-refractivity contribution is 5.85. The minimum Gasteiger partial charge on any atom is -0.298 e. The van der Waals surface area contributed by atoms with Crippen LogP contribution in [0.2, 0.25) is 0 Å². The van der Waals surface area contributed by atoms with Gasteiger partial charge in [-0.15, -0.1) is 24.8 Å². The van der Waals surface area contributed by atoms with Gasteiger partial charge in [-0.2, -0.15) is 5.26 Å². The molecule has 0 N–H and O–H groups in total. The quantitative estimate of drug-likeness (QED) is 0.580. The maximum Gasteiger partial charge on any atom is 0.248 e. The van der Waals surface area contributed by atoms with Gasteiger partial charge in [0.2, 0.25) is 5.54 Å². The normalized spacial score (nSPS) is 30.0. The molecule has 2 aliphatic rings. The van der Waals surface area contributed by atoms with Gasteiger partial charge in [-0.25, -0.2) is 0 Å². The maximum absolute atomic E-state index is 11.6. The molecule has 0 amide bonds. The summed E-state index contributed by atoms with van der Waals surface area (Å²) in [6.07, 6.45) is 4.10. The lowest BCUT2D eigenvalue weighted by Gasteiger charge is -2.36. The Labute approximate surface area is 138 Å². The Bertz CT molecular complexity index is 391. The van der Waals surface area contributed by atoms with Gasteiger partial charge in [0, 0.05) is 30.4 Å². The molecule has 2 heterocycles. The molecule has 2 atom stereocenters. The number of likely N-dealkylation sites (N-methyl/N-ethyl adjacent to an activating group) is 1. The Morgan fingerprint density at radius 2 is 2.10 bits per heavy atom. The van der Waals surface area contributed by atoms with E-state index in [1.54, 1.807) is 0 Å². The van der Waals surface area contributed by atoms with E-state index in [-0.39, 0.29) is 36.2 Å². The molecule has 0 spiro atoms. The summed E-state index contributed by atoms with van der Waals surface area (Å²) in [5, 5.41) is 20.4. The first-order valence-electron chi connectivity index (χ1n) is 7.01. The van der Waals surface area contributed by atoms with Gasteiger partial charge in [0.25, 0.3) is 0 Å². The van der Waals surface area contributed by atoms with E-state index in [0.29, 0.717) is 25.6 Å². The third-order valence-electron chi connectivity index (χ3n) is 4.42. The van der Waals surface area contributed by atoms with Crippen LogP contribution in [0.1, 0.15) is 32.1 Å². The van der Waals surface area contributed by atoms with Crippen molar-refractivity contribution in [1.82, 2.24) is 9.80 Å². The second-order valence-corrected chi connectivity index (χ2v) is 5.96. The molecule has 2 rings (SSSR count). The van der Waals surface area contributed by atoms with E-state index >= 15 is 0 Å². The third kappa shape index (κ3) is 4.68. The number of hydrogen-bond donors (Lipinski definition) is 0. The topological polar surface area (TPSA) is 73.4 Å². The number of piperidine rings is 1. The van der Waals surface area contributed by atoms with Crippen LogP contribution in [-0.2, 0) is 0 Å². The zero-order valence-corrected chi connectivity index (χ0v) is 14.0. The number of fused-ring (bicyclic) bond motifs is 1. The molecular weight excluding hydrogens is 315 g/mol. The van der Waals surface area contributed by atoms with Gasteiger partial charge in [-0.1, -0.05) is 6.42 Å². The fourth-order valence-electron chi connectivity index (χ4n) is 3.48. The van der Waals surface area contributed by atoms with Gasteiger partial charge in [0.05, 0.1) is 19.2 Å². The molecule has 0 bridgehead atoms. The van der Waals surface area contributed by atoms with E-state index in [1.807, 2.05) is 7.05 Å². The summed E-state index contributed by atoms with van der Waals surface area (Å²) >= 11 is 0. The van der Waals surface area contributed by atoms with Crippen molar-refractivity contribution in [1.29, 1.82) is 5.26 Å². The van der Waals surface area contributed by atoms with Gasteiger partial charge in [-0.3, -0.25) is 19.9 Å². The second-order valence-electron chi connectivity index (χ2n) is 5.96. The van der Waals surface area contributed by atoms with Crippen molar-refractivity contribution in [3.63, 3.8) is 0 Å². The molecule has 6 nitrogen and oxygen atoms in total. The molecule has 21 heavy (non-hydrogen) atoms. The van der Waals surface area contributed by atoms with E-state index in [0.717, 1.165) is 25.9 Å². The molecular formula is C13H24Cl2N4O2. The number of nitrogens with zero attached hydrogens (tertiary/aromatic N) is 4. The van der Waals surface area contributed by atoms with Crippen molar-refractivity contribution < 1.29 is 4.92 Å². The van der Waals surface area contributed by atoms with Crippen molar-refractivity contribution in [3.8, 4) is 6.07 Å². The van der Waals surface area contributed by atoms with E-state index in [9.17, 15) is 10.1 Å². The van der Waals surface area contributed by atoms with Crippen LogP contribution in [0.4, 0.5) is 0 Å². The summed E-state index contributed by atoms with van der Waals surface area (Å²) in [7, 11) is 1.96. The first kappa shape index (κ1) is 20.4. The minimum absolute atomic E-state index is 0. The summed E-state index contributed by atoms with van der Waals surface area (Å²) in [4.78, 5) is 15.8. The Morgan fingerprint density at radius 3 is 2.71 bits per heavy atom. The van der Waals surface area contributed by atoms with Crippen LogP contribution in [0.3, 0.4) is 0 Å². The highest BCUT2D eigenvalue weighted by Gasteiger charge is 2.48. The molecule has 2 fully saturated rings. The van der Waals surface area contributed by atoms with E-state index < -0.39 is 5.54 Å². The van der Waals surface area contributed by atoms with Gasteiger partial charge in [-0.05, 0) is 26.4 Å².